The van der Waals surface area contributed by atoms with Gasteiger partial charge in [-0.25, -0.2) is 18.1 Å². The molecule has 1 heterocycles. The van der Waals surface area contributed by atoms with Crippen molar-refractivity contribution in [2.45, 2.75) is 25.1 Å². The summed E-state index contributed by atoms with van der Waals surface area (Å²) in [5, 5.41) is 0.601. The highest BCUT2D eigenvalue weighted by Gasteiger charge is 2.10. The number of imidazole rings is 1. The second-order valence-corrected chi connectivity index (χ2v) is 7.03. The topological polar surface area (TPSA) is 64.0 Å². The highest BCUT2D eigenvalue weighted by molar-refractivity contribution is 7.88. The lowest BCUT2D eigenvalue weighted by atomic mass is 10.2. The number of sulfonamides is 1. The van der Waals surface area contributed by atoms with Gasteiger partial charge in [0, 0.05) is 30.5 Å². The van der Waals surface area contributed by atoms with Crippen molar-refractivity contribution < 1.29 is 8.42 Å². The van der Waals surface area contributed by atoms with Gasteiger partial charge in [-0.15, -0.1) is 0 Å². The quantitative estimate of drug-likeness (QED) is 0.757. The van der Waals surface area contributed by atoms with Crippen molar-refractivity contribution in [1.29, 1.82) is 0 Å². The normalized spacial score (nSPS) is 11.7. The monoisotopic (exact) mass is 327 g/mol. The van der Waals surface area contributed by atoms with Gasteiger partial charge in [0.2, 0.25) is 10.0 Å². The van der Waals surface area contributed by atoms with Crippen LogP contribution in [0.5, 0.6) is 0 Å². The summed E-state index contributed by atoms with van der Waals surface area (Å²) in [5.41, 5.74) is 0.727. The van der Waals surface area contributed by atoms with Crippen LogP contribution >= 0.6 is 11.6 Å². The van der Waals surface area contributed by atoms with Gasteiger partial charge in [0.05, 0.1) is 12.1 Å². The van der Waals surface area contributed by atoms with E-state index in [1.165, 1.54) is 0 Å². The van der Waals surface area contributed by atoms with E-state index in [1.54, 1.807) is 36.8 Å². The standard InChI is InChI=1S/C14H18ClN3O2S/c15-14-5-3-13(4-6-14)11-21(19,20)17-7-1-2-9-18-10-8-16-12-18/h3-6,8,10,12,17H,1-2,7,9,11H2. The second kappa shape index (κ2) is 7.59. The number of hydrogen-bond acceptors (Lipinski definition) is 3. The van der Waals surface area contributed by atoms with Gasteiger partial charge in [0.25, 0.3) is 0 Å². The first-order valence-corrected chi connectivity index (χ1v) is 8.76. The van der Waals surface area contributed by atoms with E-state index < -0.39 is 10.0 Å². The maximum absolute atomic E-state index is 11.9. The highest BCUT2D eigenvalue weighted by Crippen LogP contribution is 2.11. The van der Waals surface area contributed by atoms with Gasteiger partial charge in [-0.3, -0.25) is 0 Å². The number of aromatic nitrogens is 2. The number of halogens is 1. The predicted molar refractivity (Wildman–Crippen MR) is 83.5 cm³/mol. The van der Waals surface area contributed by atoms with E-state index in [0.29, 0.717) is 11.6 Å². The third kappa shape index (κ3) is 5.87. The molecule has 7 heteroatoms. The Bertz CT molecular complexity index is 639. The Balaban J connectivity index is 1.70. The molecule has 0 bridgehead atoms. The van der Waals surface area contributed by atoms with E-state index in [2.05, 4.69) is 9.71 Å². The molecule has 0 spiro atoms. The lowest BCUT2D eigenvalue weighted by Gasteiger charge is -2.07. The lowest BCUT2D eigenvalue weighted by molar-refractivity contribution is 0.565. The van der Waals surface area contributed by atoms with Crippen LogP contribution in [0.2, 0.25) is 5.02 Å². The first-order valence-electron chi connectivity index (χ1n) is 6.73. The Hall–Kier alpha value is -1.37. The molecule has 114 valence electrons. The summed E-state index contributed by atoms with van der Waals surface area (Å²) in [5.74, 6) is -0.0221. The average molecular weight is 328 g/mol. The Labute approximate surface area is 130 Å². The van der Waals surface area contributed by atoms with Crippen LogP contribution in [0, 0.1) is 0 Å². The van der Waals surface area contributed by atoms with E-state index in [-0.39, 0.29) is 5.75 Å². The molecule has 0 saturated carbocycles. The lowest BCUT2D eigenvalue weighted by Crippen LogP contribution is -2.26. The Morgan fingerprint density at radius 1 is 1.19 bits per heavy atom. The number of benzene rings is 1. The maximum Gasteiger partial charge on any atom is 0.215 e. The number of hydrogen-bond donors (Lipinski definition) is 1. The maximum atomic E-state index is 11.9. The van der Waals surface area contributed by atoms with Crippen LogP contribution in [-0.4, -0.2) is 24.5 Å². The smallest absolute Gasteiger partial charge is 0.215 e. The van der Waals surface area contributed by atoms with Crippen molar-refractivity contribution in [2.24, 2.45) is 0 Å². The predicted octanol–water partition coefficient (Wildman–Crippen LogP) is 2.44. The van der Waals surface area contributed by atoms with Crippen molar-refractivity contribution in [3.63, 3.8) is 0 Å². The minimum Gasteiger partial charge on any atom is -0.337 e. The SMILES string of the molecule is O=S(=O)(Cc1ccc(Cl)cc1)NCCCCn1ccnc1. The number of aryl methyl sites for hydroxylation is 1. The van der Waals surface area contributed by atoms with Crippen molar-refractivity contribution in [3.05, 3.63) is 53.6 Å². The van der Waals surface area contributed by atoms with E-state index in [4.69, 9.17) is 11.6 Å². The van der Waals surface area contributed by atoms with Gasteiger partial charge >= 0.3 is 0 Å². The van der Waals surface area contributed by atoms with Gasteiger partial charge < -0.3 is 4.57 Å². The summed E-state index contributed by atoms with van der Waals surface area (Å²) in [6.07, 6.45) is 7.07. The van der Waals surface area contributed by atoms with Gasteiger partial charge in [0.15, 0.2) is 0 Å². The molecule has 2 rings (SSSR count). The second-order valence-electron chi connectivity index (χ2n) is 4.79. The van der Waals surface area contributed by atoms with Crippen molar-refractivity contribution in [2.75, 3.05) is 6.54 Å². The third-order valence-electron chi connectivity index (χ3n) is 2.99. The van der Waals surface area contributed by atoms with Crippen molar-refractivity contribution in [1.82, 2.24) is 14.3 Å². The highest BCUT2D eigenvalue weighted by atomic mass is 35.5. The summed E-state index contributed by atoms with van der Waals surface area (Å²) in [4.78, 5) is 3.96. The van der Waals surface area contributed by atoms with E-state index >= 15 is 0 Å². The fraction of sp³-hybridized carbons (Fsp3) is 0.357. The Morgan fingerprint density at radius 3 is 2.62 bits per heavy atom. The molecule has 1 aromatic heterocycles. The molecule has 1 N–H and O–H groups in total. The Kier molecular flexibility index (Phi) is 5.78. The summed E-state index contributed by atoms with van der Waals surface area (Å²) >= 11 is 5.77. The molecular weight excluding hydrogens is 310 g/mol. The van der Waals surface area contributed by atoms with Gasteiger partial charge in [-0.05, 0) is 30.5 Å². The summed E-state index contributed by atoms with van der Waals surface area (Å²) in [7, 11) is -3.29. The van der Waals surface area contributed by atoms with E-state index in [9.17, 15) is 8.42 Å². The van der Waals surface area contributed by atoms with Crippen LogP contribution in [0.3, 0.4) is 0 Å². The molecule has 0 atom stereocenters. The summed E-state index contributed by atoms with van der Waals surface area (Å²) in [6, 6.07) is 6.83. The minimum absolute atomic E-state index is 0.0221. The molecule has 0 aliphatic heterocycles. The number of rotatable bonds is 8. The van der Waals surface area contributed by atoms with Gasteiger partial charge in [-0.1, -0.05) is 23.7 Å². The van der Waals surface area contributed by atoms with Crippen LogP contribution in [0.25, 0.3) is 0 Å². The van der Waals surface area contributed by atoms with Gasteiger partial charge in [0.1, 0.15) is 0 Å². The molecule has 0 radical (unpaired) electrons. The minimum atomic E-state index is -3.29. The number of nitrogens with one attached hydrogen (secondary N) is 1. The summed E-state index contributed by atoms with van der Waals surface area (Å²) < 4.78 is 28.4. The zero-order valence-electron chi connectivity index (χ0n) is 11.6. The molecule has 0 aliphatic carbocycles. The van der Waals surface area contributed by atoms with Crippen LogP contribution in [0.15, 0.2) is 43.0 Å². The molecular formula is C14H18ClN3O2S. The largest absolute Gasteiger partial charge is 0.337 e. The number of unbranched alkanes of at least 4 members (excludes halogenated alkanes) is 1. The van der Waals surface area contributed by atoms with Crippen LogP contribution in [0.1, 0.15) is 18.4 Å². The van der Waals surface area contributed by atoms with Crippen LogP contribution in [-0.2, 0) is 22.3 Å². The molecule has 0 fully saturated rings. The fourth-order valence-corrected chi connectivity index (χ4v) is 3.23. The van der Waals surface area contributed by atoms with Crippen molar-refractivity contribution >= 4 is 21.6 Å². The molecule has 0 saturated heterocycles. The van der Waals surface area contributed by atoms with Gasteiger partial charge in [-0.2, -0.15) is 0 Å². The molecule has 0 unspecified atom stereocenters. The Morgan fingerprint density at radius 2 is 1.95 bits per heavy atom. The zero-order valence-corrected chi connectivity index (χ0v) is 13.1. The fourth-order valence-electron chi connectivity index (χ4n) is 1.92. The van der Waals surface area contributed by atoms with Crippen LogP contribution in [0.4, 0.5) is 0 Å². The molecule has 2 aromatic rings. The zero-order chi connectivity index (χ0) is 15.1. The molecule has 21 heavy (non-hydrogen) atoms. The number of nitrogens with zero attached hydrogens (tertiary/aromatic N) is 2. The van der Waals surface area contributed by atoms with Crippen LogP contribution < -0.4 is 4.72 Å². The molecule has 0 amide bonds. The first kappa shape index (κ1) is 16.0. The molecule has 1 aromatic carbocycles. The molecule has 5 nitrogen and oxygen atoms in total. The van der Waals surface area contributed by atoms with E-state index in [1.807, 2.05) is 10.8 Å². The van der Waals surface area contributed by atoms with Crippen molar-refractivity contribution in [3.8, 4) is 0 Å². The first-order chi connectivity index (χ1) is 10.1. The molecule has 0 aliphatic rings. The third-order valence-corrected chi connectivity index (χ3v) is 4.60. The average Bonchev–Trinajstić information content (AvgIpc) is 2.94. The van der Waals surface area contributed by atoms with E-state index in [0.717, 1.165) is 24.9 Å². The summed E-state index contributed by atoms with van der Waals surface area (Å²) in [6.45, 7) is 1.30.